The first kappa shape index (κ1) is 49.5. The Hall–Kier alpha value is -7.74. The number of nitrogens with zero attached hydrogens (tertiary/aromatic N) is 4. The van der Waals surface area contributed by atoms with E-state index in [0.717, 1.165) is 78.0 Å². The number of aromatic amines is 2. The van der Waals surface area contributed by atoms with Crippen LogP contribution in [0.5, 0.6) is 11.5 Å². The zero-order valence-corrected chi connectivity index (χ0v) is 43.2. The quantitative estimate of drug-likeness (QED) is 0.0883. The number of likely N-dealkylation sites (tertiary alicyclic amines) is 2. The maximum atomic E-state index is 14.2. The van der Waals surface area contributed by atoms with E-state index in [1.54, 1.807) is 48.5 Å². The summed E-state index contributed by atoms with van der Waals surface area (Å²) in [6.07, 6.45) is 10.8. The second-order valence-electron chi connectivity index (χ2n) is 21.6. The second kappa shape index (κ2) is 20.9. The average Bonchev–Trinajstić information content (AvgIpc) is 4.32. The van der Waals surface area contributed by atoms with Crippen molar-refractivity contribution in [3.05, 3.63) is 144 Å². The third-order valence-corrected chi connectivity index (χ3v) is 16.2. The van der Waals surface area contributed by atoms with E-state index < -0.39 is 24.3 Å². The van der Waals surface area contributed by atoms with E-state index >= 15 is 0 Å². The van der Waals surface area contributed by atoms with E-state index in [2.05, 4.69) is 75.2 Å². The monoisotopic (exact) mass is 1010 g/mol. The highest BCUT2D eigenvalue weighted by atomic mass is 16.6. The lowest BCUT2D eigenvalue weighted by atomic mass is 9.76. The Morgan fingerprint density at radius 3 is 1.75 bits per heavy atom. The Labute approximate surface area is 438 Å². The first-order valence-electron chi connectivity index (χ1n) is 26.9. The molecule has 14 nitrogen and oxygen atoms in total. The molecule has 0 unspecified atom stereocenters. The number of hydrogen-bond donors (Lipinski definition) is 4. The number of benzene rings is 5. The highest BCUT2D eigenvalue weighted by Gasteiger charge is 2.44. The van der Waals surface area contributed by atoms with E-state index in [1.165, 1.54) is 53.5 Å². The zero-order valence-electron chi connectivity index (χ0n) is 43.2. The Balaban J connectivity index is 0.810. The number of H-pyrrole nitrogens is 2. The van der Waals surface area contributed by atoms with Gasteiger partial charge < -0.3 is 39.9 Å². The van der Waals surface area contributed by atoms with Gasteiger partial charge in [0.2, 0.25) is 11.8 Å². The second-order valence-corrected chi connectivity index (χ2v) is 21.6. The van der Waals surface area contributed by atoms with Crippen LogP contribution in [0, 0.1) is 11.8 Å². The van der Waals surface area contributed by atoms with Gasteiger partial charge in [0.25, 0.3) is 0 Å². The van der Waals surface area contributed by atoms with Crippen molar-refractivity contribution in [3.63, 3.8) is 0 Å². The Morgan fingerprint density at radius 1 is 0.613 bits per heavy atom. The van der Waals surface area contributed by atoms with Gasteiger partial charge in [0.1, 0.15) is 35.2 Å². The van der Waals surface area contributed by atoms with Crippen LogP contribution in [0.25, 0.3) is 44.5 Å². The maximum Gasteiger partial charge on any atom is 0.413 e. The largest absolute Gasteiger partial charge is 0.413 e. The molecule has 386 valence electrons. The molecule has 2 aromatic heterocycles. The molecule has 1 saturated carbocycles. The molecule has 1 spiro atoms. The van der Waals surface area contributed by atoms with Gasteiger partial charge in [0, 0.05) is 13.1 Å². The van der Waals surface area contributed by atoms with E-state index in [9.17, 15) is 19.2 Å². The van der Waals surface area contributed by atoms with Crippen LogP contribution in [0.1, 0.15) is 120 Å². The first-order chi connectivity index (χ1) is 36.4. The molecule has 75 heavy (non-hydrogen) atoms. The number of amides is 4. The summed E-state index contributed by atoms with van der Waals surface area (Å²) in [5.74, 6) is 1.72. The smallest absolute Gasteiger partial charge is 0.410 e. The Morgan fingerprint density at radius 2 is 1.16 bits per heavy atom. The summed E-state index contributed by atoms with van der Waals surface area (Å²) in [7, 11) is 0. The van der Waals surface area contributed by atoms with Gasteiger partial charge in [0.05, 0.1) is 35.0 Å². The minimum atomic E-state index is -0.753. The molecule has 2 aliphatic carbocycles. The topological polar surface area (TPSA) is 175 Å². The number of para-hydroxylation sites is 2. The van der Waals surface area contributed by atoms with E-state index in [-0.39, 0.29) is 41.1 Å². The molecule has 3 fully saturated rings. The summed E-state index contributed by atoms with van der Waals surface area (Å²) in [6.45, 7) is 8.87. The van der Waals surface area contributed by atoms with Crippen LogP contribution >= 0.6 is 0 Å². The van der Waals surface area contributed by atoms with E-state index in [1.807, 2.05) is 55.8 Å². The van der Waals surface area contributed by atoms with Crippen LogP contribution in [-0.4, -0.2) is 78.9 Å². The summed E-state index contributed by atoms with van der Waals surface area (Å²) in [6, 6.07) is 35.7. The fourth-order valence-corrected chi connectivity index (χ4v) is 12.4. The van der Waals surface area contributed by atoms with Gasteiger partial charge in [-0.15, -0.1) is 0 Å². The predicted octanol–water partition coefficient (Wildman–Crippen LogP) is 12.0. The van der Waals surface area contributed by atoms with Crippen LogP contribution in [0.15, 0.2) is 121 Å². The molecule has 0 radical (unpaired) electrons. The zero-order chi connectivity index (χ0) is 51.8. The average molecular weight is 1010 g/mol. The predicted molar refractivity (Wildman–Crippen MR) is 289 cm³/mol. The van der Waals surface area contributed by atoms with Crippen LogP contribution in [0.2, 0.25) is 0 Å². The van der Waals surface area contributed by atoms with Gasteiger partial charge >= 0.3 is 12.2 Å². The third-order valence-electron chi connectivity index (χ3n) is 16.2. The van der Waals surface area contributed by atoms with Crippen molar-refractivity contribution < 1.29 is 28.7 Å². The minimum Gasteiger partial charge on any atom is -0.410 e. The lowest BCUT2D eigenvalue weighted by Crippen LogP contribution is -2.51. The van der Waals surface area contributed by atoms with Crippen LogP contribution in [-0.2, 0) is 21.4 Å². The molecule has 0 bridgehead atoms. The number of aromatic nitrogens is 4. The number of carbonyl (C=O) groups excluding carboxylic acids is 4. The molecule has 11 rings (SSSR count). The number of ether oxygens (including phenoxy) is 2. The maximum absolute atomic E-state index is 14.2. The number of fused-ring (bicyclic) bond motifs is 3. The molecule has 7 aromatic rings. The molecular formula is C61H66N8O6. The fourth-order valence-electron chi connectivity index (χ4n) is 12.4. The summed E-state index contributed by atoms with van der Waals surface area (Å²) in [5, 5.41) is 5.68. The molecule has 2 saturated heterocycles. The lowest BCUT2D eigenvalue weighted by Gasteiger charge is -2.30. The van der Waals surface area contributed by atoms with Crippen molar-refractivity contribution in [2.75, 3.05) is 13.1 Å². The van der Waals surface area contributed by atoms with Gasteiger partial charge in [-0.2, -0.15) is 0 Å². The summed E-state index contributed by atoms with van der Waals surface area (Å²) >= 11 is 0. The third kappa shape index (κ3) is 9.90. The number of nitrogens with one attached hydrogen (secondary N) is 4. The summed E-state index contributed by atoms with van der Waals surface area (Å²) in [4.78, 5) is 74.9. The van der Waals surface area contributed by atoms with Crippen molar-refractivity contribution >= 4 is 35.0 Å². The Kier molecular flexibility index (Phi) is 13.8. The molecule has 4 atom stereocenters. The molecule has 4 N–H and O–H groups in total. The van der Waals surface area contributed by atoms with E-state index in [0.29, 0.717) is 24.6 Å². The van der Waals surface area contributed by atoms with Gasteiger partial charge in [-0.3, -0.25) is 9.59 Å². The highest BCUT2D eigenvalue weighted by Crippen LogP contribution is 2.55. The first-order valence-corrected chi connectivity index (χ1v) is 26.9. The van der Waals surface area contributed by atoms with Gasteiger partial charge in [-0.05, 0) is 144 Å². The molecule has 4 amide bonds. The normalized spacial score (nSPS) is 18.7. The van der Waals surface area contributed by atoms with Crippen LogP contribution < -0.4 is 20.1 Å². The number of carbonyl (C=O) groups is 4. The summed E-state index contributed by atoms with van der Waals surface area (Å²) in [5.41, 5.74) is 11.6. The van der Waals surface area contributed by atoms with Crippen LogP contribution in [0.3, 0.4) is 0 Å². The van der Waals surface area contributed by atoms with Crippen molar-refractivity contribution in [3.8, 4) is 45.0 Å². The standard InChI is InChI=1S/C61H66N8O6/c1-37(2)53(66-59(72)74-42-15-7-5-8-16-42)57(70)68-33-13-19-50(68)55-62-36-49(65-55)40-23-21-39(22-24-40)45-27-26-44(46-29-32-61(52(45)46)30-11-12-31-61)41-25-28-47-48(35-41)64-56(63-47)51-20-14-34-69(51)58(71)54(38(3)4)67-60(73)75-43-17-9-6-10-18-43/h5-10,15-18,21-28,35-38,50-51,53-54H,11-14,19-20,29-34H2,1-4H3,(H,62,65)(H,63,64)(H,66,72)(H,67,73)/t50-,51-,53-,54-/m0/s1. The molecule has 5 aromatic carbocycles. The molecule has 4 heterocycles. The fraction of sp³-hybridized carbons (Fsp3) is 0.377. The van der Waals surface area contributed by atoms with Crippen molar-refractivity contribution in [2.45, 2.75) is 121 Å². The Bertz CT molecular complexity index is 3220. The number of hydrogen-bond acceptors (Lipinski definition) is 8. The van der Waals surface area contributed by atoms with Crippen LogP contribution in [0.4, 0.5) is 9.59 Å². The molecule has 2 aliphatic heterocycles. The number of imidazole rings is 2. The highest BCUT2D eigenvalue weighted by molar-refractivity contribution is 5.89. The molecular weight excluding hydrogens is 941 g/mol. The molecule has 14 heteroatoms. The minimum absolute atomic E-state index is 0.141. The SMILES string of the molecule is CC(C)[C@H](NC(=O)Oc1ccccc1)C(=O)N1CCC[C@H]1c1ncc(-c2ccc(-c3ccc(-c4ccc5nc([C@@H]6CCCN6C(=O)[C@@H](NC(=O)Oc6ccccc6)C(C)C)[nH]c5c4)c4c3C3(CCCC3)CC4)cc2)[nH]1. The van der Waals surface area contributed by atoms with Gasteiger partial charge in [-0.25, -0.2) is 19.6 Å². The van der Waals surface area contributed by atoms with Crippen molar-refractivity contribution in [2.24, 2.45) is 11.8 Å². The van der Waals surface area contributed by atoms with E-state index in [4.69, 9.17) is 19.4 Å². The summed E-state index contributed by atoms with van der Waals surface area (Å²) < 4.78 is 11.0. The van der Waals surface area contributed by atoms with Gasteiger partial charge in [-0.1, -0.05) is 119 Å². The lowest BCUT2D eigenvalue weighted by molar-refractivity contribution is -0.136. The molecule has 4 aliphatic rings. The van der Waals surface area contributed by atoms with Gasteiger partial charge in [0.15, 0.2) is 0 Å². The van der Waals surface area contributed by atoms with Crippen molar-refractivity contribution in [1.82, 2.24) is 40.4 Å². The number of rotatable bonds is 13. The van der Waals surface area contributed by atoms with Crippen molar-refractivity contribution in [1.29, 1.82) is 0 Å².